The average molecular weight is 407 g/mol. The van der Waals surface area contributed by atoms with Gasteiger partial charge in [0.05, 0.1) is 16.5 Å². The molecule has 0 heterocycles. The highest BCUT2D eigenvalue weighted by molar-refractivity contribution is 6.42. The Hall–Kier alpha value is -2.04. The number of amides is 2. The minimum Gasteiger partial charge on any atom is -0.357 e. The Kier molecular flexibility index (Phi) is 7.69. The quantitative estimate of drug-likeness (QED) is 0.740. The topological polar surface area (TPSA) is 49.4 Å². The Labute approximate surface area is 170 Å². The predicted octanol–water partition coefficient (Wildman–Crippen LogP) is 4.40. The lowest BCUT2D eigenvalue weighted by atomic mass is 10.1. The first-order valence-electron chi connectivity index (χ1n) is 8.86. The molecular weight excluding hydrogens is 383 g/mol. The van der Waals surface area contributed by atoms with Crippen molar-refractivity contribution < 1.29 is 9.59 Å². The molecule has 6 heteroatoms. The smallest absolute Gasteiger partial charge is 0.242 e. The lowest BCUT2D eigenvalue weighted by Crippen LogP contribution is -2.48. The number of benzene rings is 2. The largest absolute Gasteiger partial charge is 0.357 e. The van der Waals surface area contributed by atoms with Crippen molar-refractivity contribution >= 4 is 35.0 Å². The molecule has 2 aromatic rings. The number of likely N-dealkylation sites (N-methyl/N-ethyl adjacent to an activating group) is 1. The third kappa shape index (κ3) is 5.72. The Balaban J connectivity index is 2.28. The van der Waals surface area contributed by atoms with E-state index in [4.69, 9.17) is 23.2 Å². The van der Waals surface area contributed by atoms with Crippen molar-refractivity contribution in [1.82, 2.24) is 10.2 Å². The second kappa shape index (κ2) is 9.77. The van der Waals surface area contributed by atoms with Gasteiger partial charge >= 0.3 is 0 Å². The van der Waals surface area contributed by atoms with Crippen molar-refractivity contribution in [3.63, 3.8) is 0 Å². The minimum atomic E-state index is -0.536. The van der Waals surface area contributed by atoms with Crippen molar-refractivity contribution in [2.45, 2.75) is 39.3 Å². The van der Waals surface area contributed by atoms with Gasteiger partial charge in [-0.25, -0.2) is 0 Å². The summed E-state index contributed by atoms with van der Waals surface area (Å²) in [6.07, 6.45) is 0.675. The van der Waals surface area contributed by atoms with Gasteiger partial charge in [-0.1, -0.05) is 66.0 Å². The number of hydrogen-bond acceptors (Lipinski definition) is 2. The maximum Gasteiger partial charge on any atom is 0.242 e. The van der Waals surface area contributed by atoms with Gasteiger partial charge < -0.3 is 10.2 Å². The van der Waals surface area contributed by atoms with Gasteiger partial charge in [0.2, 0.25) is 11.8 Å². The highest BCUT2D eigenvalue weighted by Gasteiger charge is 2.28. The molecule has 0 aliphatic heterocycles. The van der Waals surface area contributed by atoms with Crippen molar-refractivity contribution in [2.24, 2.45) is 0 Å². The van der Waals surface area contributed by atoms with Crippen LogP contribution in [0.4, 0.5) is 0 Å². The molecule has 0 saturated heterocycles. The number of nitrogens with zero attached hydrogens (tertiary/aromatic N) is 1. The maximum absolute atomic E-state index is 13.1. The molecule has 0 radical (unpaired) electrons. The van der Waals surface area contributed by atoms with Crippen LogP contribution in [0.5, 0.6) is 0 Å². The van der Waals surface area contributed by atoms with E-state index in [-0.39, 0.29) is 18.2 Å². The molecule has 0 aliphatic carbocycles. The molecule has 1 atom stereocenters. The third-order valence-corrected chi connectivity index (χ3v) is 5.18. The highest BCUT2D eigenvalue weighted by atomic mass is 35.5. The molecule has 0 aromatic heterocycles. The summed E-state index contributed by atoms with van der Waals surface area (Å²) in [4.78, 5) is 27.0. The van der Waals surface area contributed by atoms with Crippen LogP contribution >= 0.6 is 23.2 Å². The van der Waals surface area contributed by atoms with Gasteiger partial charge in [0, 0.05) is 13.6 Å². The Bertz CT molecular complexity index is 806. The Morgan fingerprint density at radius 1 is 1.04 bits per heavy atom. The van der Waals surface area contributed by atoms with Crippen LogP contribution in [0.15, 0.2) is 42.5 Å². The molecule has 2 rings (SSSR count). The lowest BCUT2D eigenvalue weighted by molar-refractivity contribution is -0.140. The summed E-state index contributed by atoms with van der Waals surface area (Å²) in [6.45, 7) is 4.28. The summed E-state index contributed by atoms with van der Waals surface area (Å²) in [5, 5.41) is 3.51. The van der Waals surface area contributed by atoms with Gasteiger partial charge in [-0.15, -0.1) is 0 Å². The molecule has 4 nitrogen and oxygen atoms in total. The van der Waals surface area contributed by atoms with Crippen molar-refractivity contribution in [1.29, 1.82) is 0 Å². The number of rotatable bonds is 7. The van der Waals surface area contributed by atoms with Crippen LogP contribution in [-0.2, 0) is 22.6 Å². The first kappa shape index (κ1) is 21.3. The van der Waals surface area contributed by atoms with E-state index in [1.807, 2.05) is 38.1 Å². The second-order valence-electron chi connectivity index (χ2n) is 6.47. The number of halogens is 2. The van der Waals surface area contributed by atoms with Crippen LogP contribution in [-0.4, -0.2) is 29.8 Å². The van der Waals surface area contributed by atoms with Crippen LogP contribution in [0.2, 0.25) is 10.0 Å². The summed E-state index contributed by atoms with van der Waals surface area (Å²) < 4.78 is 0. The monoisotopic (exact) mass is 406 g/mol. The van der Waals surface area contributed by atoms with Crippen molar-refractivity contribution in [2.75, 3.05) is 7.05 Å². The fraction of sp³-hybridized carbons (Fsp3) is 0.333. The zero-order valence-electron chi connectivity index (χ0n) is 15.8. The standard InChI is InChI=1S/C21H24Cl2N2O2/c1-4-19(21(27)24-3)25(13-15-7-5-14(2)6-8-15)20(26)12-16-9-10-17(22)18(23)11-16/h5-11,19H,4,12-13H2,1-3H3,(H,24,27)/t19-/m0/s1. The fourth-order valence-corrected chi connectivity index (χ4v) is 3.22. The highest BCUT2D eigenvalue weighted by Crippen LogP contribution is 2.23. The maximum atomic E-state index is 13.1. The second-order valence-corrected chi connectivity index (χ2v) is 7.29. The lowest BCUT2D eigenvalue weighted by Gasteiger charge is -2.30. The van der Waals surface area contributed by atoms with E-state index in [0.29, 0.717) is 23.0 Å². The predicted molar refractivity (Wildman–Crippen MR) is 110 cm³/mol. The summed E-state index contributed by atoms with van der Waals surface area (Å²) >= 11 is 12.0. The van der Waals surface area contributed by atoms with E-state index >= 15 is 0 Å². The number of hydrogen-bond donors (Lipinski definition) is 1. The van der Waals surface area contributed by atoms with Crippen molar-refractivity contribution in [3.05, 3.63) is 69.2 Å². The summed E-state index contributed by atoms with van der Waals surface area (Å²) in [7, 11) is 1.58. The Morgan fingerprint density at radius 3 is 2.22 bits per heavy atom. The Morgan fingerprint density at radius 2 is 1.67 bits per heavy atom. The molecule has 144 valence electrons. The molecule has 27 heavy (non-hydrogen) atoms. The molecule has 1 N–H and O–H groups in total. The van der Waals surface area contributed by atoms with Crippen LogP contribution < -0.4 is 5.32 Å². The molecule has 2 amide bonds. The molecule has 0 spiro atoms. The van der Waals surface area contributed by atoms with Crippen LogP contribution in [0.25, 0.3) is 0 Å². The average Bonchev–Trinajstić information content (AvgIpc) is 2.65. The molecule has 0 fully saturated rings. The van der Waals surface area contributed by atoms with E-state index in [9.17, 15) is 9.59 Å². The molecule has 0 unspecified atom stereocenters. The van der Waals surface area contributed by atoms with Gasteiger partial charge in [0.15, 0.2) is 0 Å². The first-order chi connectivity index (χ1) is 12.8. The van der Waals surface area contributed by atoms with Gasteiger partial charge in [-0.2, -0.15) is 0 Å². The van der Waals surface area contributed by atoms with Crippen LogP contribution in [0, 0.1) is 6.92 Å². The fourth-order valence-electron chi connectivity index (χ4n) is 2.90. The van der Waals surface area contributed by atoms with E-state index in [2.05, 4.69) is 5.32 Å². The third-order valence-electron chi connectivity index (χ3n) is 4.45. The molecule has 0 bridgehead atoms. The molecule has 0 aliphatic rings. The zero-order chi connectivity index (χ0) is 20.0. The summed E-state index contributed by atoms with van der Waals surface area (Å²) in [5.41, 5.74) is 2.88. The number of carbonyl (C=O) groups is 2. The summed E-state index contributed by atoms with van der Waals surface area (Å²) in [6, 6.07) is 12.6. The van der Waals surface area contributed by atoms with E-state index < -0.39 is 6.04 Å². The number of nitrogens with one attached hydrogen (secondary N) is 1. The number of carbonyl (C=O) groups excluding carboxylic acids is 2. The normalized spacial score (nSPS) is 11.7. The SMILES string of the molecule is CC[C@@H](C(=O)NC)N(Cc1ccc(C)cc1)C(=O)Cc1ccc(Cl)c(Cl)c1. The van der Waals surface area contributed by atoms with Gasteiger partial charge in [-0.3, -0.25) is 9.59 Å². The number of aryl methyl sites for hydroxylation is 1. The van der Waals surface area contributed by atoms with Crippen LogP contribution in [0.1, 0.15) is 30.0 Å². The molecule has 0 saturated carbocycles. The molecule has 2 aromatic carbocycles. The molecular formula is C21H24Cl2N2O2. The van der Waals surface area contributed by atoms with Gasteiger partial charge in [0.1, 0.15) is 6.04 Å². The summed E-state index contributed by atoms with van der Waals surface area (Å²) in [5.74, 6) is -0.309. The van der Waals surface area contributed by atoms with E-state index in [0.717, 1.165) is 16.7 Å². The van der Waals surface area contributed by atoms with E-state index in [1.165, 1.54) is 0 Å². The van der Waals surface area contributed by atoms with Crippen LogP contribution in [0.3, 0.4) is 0 Å². The zero-order valence-corrected chi connectivity index (χ0v) is 17.3. The first-order valence-corrected chi connectivity index (χ1v) is 9.61. The minimum absolute atomic E-state index is 0.135. The van der Waals surface area contributed by atoms with E-state index in [1.54, 1.807) is 30.1 Å². The van der Waals surface area contributed by atoms with Gasteiger partial charge in [0.25, 0.3) is 0 Å². The van der Waals surface area contributed by atoms with Crippen molar-refractivity contribution in [3.8, 4) is 0 Å². The van der Waals surface area contributed by atoms with Gasteiger partial charge in [-0.05, 0) is 36.6 Å².